The number of hydrogen-bond acceptors (Lipinski definition) is 6. The number of rotatable bonds is 8. The van der Waals surface area contributed by atoms with Crippen molar-refractivity contribution < 1.29 is 18.7 Å². The number of nitrogens with one attached hydrogen (secondary N) is 2. The molecule has 0 aliphatic carbocycles. The minimum atomic E-state index is -0.423. The molecule has 2 N–H and O–H groups in total. The van der Waals surface area contributed by atoms with Gasteiger partial charge in [0.05, 0.1) is 13.2 Å². The van der Waals surface area contributed by atoms with E-state index in [4.69, 9.17) is 33.0 Å². The number of amides is 2. The van der Waals surface area contributed by atoms with Gasteiger partial charge in [-0.15, -0.1) is 0 Å². The third-order valence-corrected chi connectivity index (χ3v) is 7.10. The van der Waals surface area contributed by atoms with Gasteiger partial charge in [-0.05, 0) is 60.1 Å². The Morgan fingerprint density at radius 2 is 1.76 bits per heavy atom. The van der Waals surface area contributed by atoms with Gasteiger partial charge in [0.1, 0.15) is 15.8 Å². The zero-order valence-corrected chi connectivity index (χ0v) is 22.3. The fourth-order valence-electron chi connectivity index (χ4n) is 3.51. The monoisotopic (exact) mass is 555 g/mol. The molecular weight excluding hydrogens is 530 g/mol. The molecule has 1 aliphatic rings. The Labute approximate surface area is 230 Å². The molecule has 1 aromatic heterocycles. The molecule has 0 saturated carbocycles. The second-order valence-corrected chi connectivity index (χ2v) is 10.2. The van der Waals surface area contributed by atoms with Gasteiger partial charge in [-0.1, -0.05) is 54.2 Å². The van der Waals surface area contributed by atoms with Crippen LogP contribution in [0.1, 0.15) is 21.7 Å². The summed E-state index contributed by atoms with van der Waals surface area (Å²) in [5.74, 6) is -0.398. The molecule has 37 heavy (non-hydrogen) atoms. The molecule has 0 atom stereocenters. The lowest BCUT2D eigenvalue weighted by molar-refractivity contribution is -0.117. The van der Waals surface area contributed by atoms with Gasteiger partial charge >= 0.3 is 0 Å². The Morgan fingerprint density at radius 3 is 2.49 bits per heavy atom. The van der Waals surface area contributed by atoms with E-state index in [0.29, 0.717) is 51.9 Å². The van der Waals surface area contributed by atoms with Crippen LogP contribution in [0.4, 0.5) is 0 Å². The number of nitrogens with zero attached hydrogens (tertiary/aromatic N) is 1. The minimum absolute atomic E-state index is 0.0756. The Balaban J connectivity index is 1.44. The number of carbonyl (C=O) groups is 2. The van der Waals surface area contributed by atoms with Crippen LogP contribution in [-0.4, -0.2) is 53.9 Å². The maximum Gasteiger partial charge on any atom is 0.267 e. The third-order valence-electron chi connectivity index (χ3n) is 5.49. The first kappa shape index (κ1) is 26.9. The molecule has 0 radical (unpaired) electrons. The molecule has 0 bridgehead atoms. The number of thioether (sulfide) groups is 1. The highest BCUT2D eigenvalue weighted by Crippen LogP contribution is 2.25. The van der Waals surface area contributed by atoms with Crippen molar-refractivity contribution in [3.63, 3.8) is 0 Å². The summed E-state index contributed by atoms with van der Waals surface area (Å²) in [5.41, 5.74) is 1.55. The number of ether oxygens (including phenoxy) is 1. The average molecular weight is 556 g/mol. The first-order valence-electron chi connectivity index (χ1n) is 11.7. The van der Waals surface area contributed by atoms with Gasteiger partial charge in [0, 0.05) is 36.3 Å². The fraction of sp³-hybridized carbons (Fsp3) is 0.222. The summed E-state index contributed by atoms with van der Waals surface area (Å²) in [4.78, 5) is 27.9. The van der Waals surface area contributed by atoms with E-state index in [1.807, 2.05) is 18.2 Å². The number of carbonyl (C=O) groups excluding carboxylic acids is 2. The molecule has 2 heterocycles. The first-order valence-corrected chi connectivity index (χ1v) is 13.3. The molecular formula is C27H26ClN3O4S2. The molecule has 3 aromatic rings. The van der Waals surface area contributed by atoms with Crippen molar-refractivity contribution in [2.45, 2.75) is 11.5 Å². The van der Waals surface area contributed by atoms with Crippen LogP contribution in [0.15, 0.2) is 81.9 Å². The normalized spacial score (nSPS) is 13.8. The smallest absolute Gasteiger partial charge is 0.267 e. The van der Waals surface area contributed by atoms with E-state index in [2.05, 4.69) is 15.5 Å². The van der Waals surface area contributed by atoms with Crippen molar-refractivity contribution >= 4 is 57.8 Å². The lowest BCUT2D eigenvalue weighted by Gasteiger charge is -2.28. The topological polar surface area (TPSA) is 83.8 Å². The maximum absolute atomic E-state index is 13.0. The van der Waals surface area contributed by atoms with Crippen molar-refractivity contribution in [2.75, 3.05) is 32.8 Å². The number of thiocarbonyl (C=S) groups is 1. The van der Waals surface area contributed by atoms with E-state index >= 15 is 0 Å². The fourth-order valence-corrected chi connectivity index (χ4v) is 4.83. The number of furan rings is 1. The van der Waals surface area contributed by atoms with E-state index in [1.54, 1.807) is 48.5 Å². The summed E-state index contributed by atoms with van der Waals surface area (Å²) in [6, 6.07) is 19.7. The SMILES string of the molecule is O=C(NCCc1ccc(Cl)cc1)C(=Cc1ccc(SC(=S)N2CCOCC2)o1)NC(=O)c1ccccc1. The van der Waals surface area contributed by atoms with E-state index in [9.17, 15) is 9.59 Å². The highest BCUT2D eigenvalue weighted by atomic mass is 35.5. The largest absolute Gasteiger partial charge is 0.450 e. The van der Waals surface area contributed by atoms with Gasteiger partial charge in [0.2, 0.25) is 0 Å². The quantitative estimate of drug-likeness (QED) is 0.235. The van der Waals surface area contributed by atoms with E-state index in [1.165, 1.54) is 17.8 Å². The van der Waals surface area contributed by atoms with Crippen LogP contribution in [0, 0.1) is 0 Å². The summed E-state index contributed by atoms with van der Waals surface area (Å²) in [6.45, 7) is 3.15. The van der Waals surface area contributed by atoms with Gasteiger partial charge in [-0.25, -0.2) is 0 Å². The second-order valence-electron chi connectivity index (χ2n) is 8.13. The Morgan fingerprint density at radius 1 is 1.03 bits per heavy atom. The van der Waals surface area contributed by atoms with Crippen LogP contribution in [-0.2, 0) is 16.0 Å². The summed E-state index contributed by atoms with van der Waals surface area (Å²) in [6.07, 6.45) is 2.13. The van der Waals surface area contributed by atoms with Crippen LogP contribution >= 0.6 is 35.6 Å². The molecule has 2 aromatic carbocycles. The first-order chi connectivity index (χ1) is 18.0. The molecule has 0 unspecified atom stereocenters. The van der Waals surface area contributed by atoms with Gasteiger partial charge in [-0.2, -0.15) is 0 Å². The molecule has 192 valence electrons. The van der Waals surface area contributed by atoms with Gasteiger partial charge in [0.25, 0.3) is 11.8 Å². The molecule has 4 rings (SSSR count). The Kier molecular flexibility index (Phi) is 9.78. The van der Waals surface area contributed by atoms with Gasteiger partial charge in [0.15, 0.2) is 5.09 Å². The third kappa shape index (κ3) is 8.19. The van der Waals surface area contributed by atoms with E-state index in [-0.39, 0.29) is 5.70 Å². The van der Waals surface area contributed by atoms with Gasteiger partial charge < -0.3 is 24.7 Å². The second kappa shape index (κ2) is 13.4. The number of halogens is 1. The van der Waals surface area contributed by atoms with Crippen molar-refractivity contribution in [1.29, 1.82) is 0 Å². The summed E-state index contributed by atoms with van der Waals surface area (Å²) in [7, 11) is 0. The maximum atomic E-state index is 13.0. The highest BCUT2D eigenvalue weighted by Gasteiger charge is 2.18. The van der Waals surface area contributed by atoms with E-state index in [0.717, 1.165) is 18.7 Å². The van der Waals surface area contributed by atoms with Crippen LogP contribution in [0.25, 0.3) is 6.08 Å². The predicted octanol–water partition coefficient (Wildman–Crippen LogP) is 4.77. The van der Waals surface area contributed by atoms with Crippen LogP contribution < -0.4 is 10.6 Å². The number of benzene rings is 2. The lowest BCUT2D eigenvalue weighted by atomic mass is 10.1. The standard InChI is InChI=1S/C27H26ClN3O4S2/c28-21-8-6-19(7-9-21)12-13-29-26(33)23(30-25(32)20-4-2-1-3-5-20)18-22-10-11-24(35-22)37-27(36)31-14-16-34-17-15-31/h1-11,18H,12-17H2,(H,29,33)(H,30,32). The van der Waals surface area contributed by atoms with E-state index < -0.39 is 11.8 Å². The summed E-state index contributed by atoms with van der Waals surface area (Å²) in [5, 5.41) is 6.83. The zero-order valence-electron chi connectivity index (χ0n) is 19.9. The lowest BCUT2D eigenvalue weighted by Crippen LogP contribution is -2.38. The van der Waals surface area contributed by atoms with Crippen LogP contribution in [0.5, 0.6) is 0 Å². The predicted molar refractivity (Wildman–Crippen MR) is 150 cm³/mol. The van der Waals surface area contributed by atoms with Gasteiger partial charge in [-0.3, -0.25) is 9.59 Å². The summed E-state index contributed by atoms with van der Waals surface area (Å²) < 4.78 is 12.0. The van der Waals surface area contributed by atoms with Crippen LogP contribution in [0.3, 0.4) is 0 Å². The zero-order chi connectivity index (χ0) is 26.0. The van der Waals surface area contributed by atoms with Crippen LogP contribution in [0.2, 0.25) is 5.02 Å². The van der Waals surface area contributed by atoms with Crippen molar-refractivity contribution in [2.24, 2.45) is 0 Å². The van der Waals surface area contributed by atoms with Crippen molar-refractivity contribution in [3.8, 4) is 0 Å². The summed E-state index contributed by atoms with van der Waals surface area (Å²) >= 11 is 12.8. The Bertz CT molecular complexity index is 1260. The highest BCUT2D eigenvalue weighted by molar-refractivity contribution is 8.22. The number of morpholine rings is 1. The average Bonchev–Trinajstić information content (AvgIpc) is 3.36. The molecule has 1 fully saturated rings. The molecule has 1 saturated heterocycles. The molecule has 2 amide bonds. The van der Waals surface area contributed by atoms with Crippen molar-refractivity contribution in [3.05, 3.63) is 94.3 Å². The molecule has 1 aliphatic heterocycles. The molecule has 0 spiro atoms. The molecule has 7 nitrogen and oxygen atoms in total. The Hall–Kier alpha value is -3.11. The van der Waals surface area contributed by atoms with Crippen molar-refractivity contribution in [1.82, 2.24) is 15.5 Å². The number of hydrogen-bond donors (Lipinski definition) is 2. The molecule has 10 heteroatoms. The minimum Gasteiger partial charge on any atom is -0.450 e.